The van der Waals surface area contributed by atoms with Crippen LogP contribution in [0.1, 0.15) is 105 Å². The molecule has 0 spiro atoms. The quantitative estimate of drug-likeness (QED) is 0.225. The topological polar surface area (TPSA) is 9.23 Å². The van der Waals surface area contributed by atoms with Gasteiger partial charge in [-0.15, -0.1) is 0 Å². The average Bonchev–Trinajstić information content (AvgIpc) is 3.09. The Morgan fingerprint density at radius 2 is 1.90 bits per heavy atom. The highest BCUT2D eigenvalue weighted by atomic mass is 16.5. The Hall–Kier alpha value is -0.940. The van der Waals surface area contributed by atoms with Crippen molar-refractivity contribution in [3.8, 4) is 0 Å². The molecule has 1 heteroatoms. The number of hydrogen-bond donors (Lipinski definition) is 0. The first kappa shape index (κ1) is 23.2. The van der Waals surface area contributed by atoms with Crippen LogP contribution in [0.5, 0.6) is 0 Å². The molecule has 0 aliphatic heterocycles. The van der Waals surface area contributed by atoms with Crippen LogP contribution < -0.4 is 0 Å². The number of fused-ring (bicyclic) bond motifs is 5. The van der Waals surface area contributed by atoms with Gasteiger partial charge in [0.05, 0.1) is 0 Å². The minimum atomic E-state index is 0.335. The molecule has 0 heterocycles. The number of allylic oxidation sites excluding steroid dienone is 1. The van der Waals surface area contributed by atoms with E-state index >= 15 is 0 Å². The van der Waals surface area contributed by atoms with Crippen LogP contribution >= 0.6 is 0 Å². The first-order valence-corrected chi connectivity index (χ1v) is 13.5. The van der Waals surface area contributed by atoms with Crippen LogP contribution in [0.2, 0.25) is 0 Å². The minimum Gasteiger partial charge on any atom is -0.490 e. The normalized spacial score (nSPS) is 42.6. The van der Waals surface area contributed by atoms with Gasteiger partial charge in [0.1, 0.15) is 12.4 Å². The fraction of sp³-hybridized carbons (Fsp3) is 0.833. The van der Waals surface area contributed by atoms with E-state index in [-0.39, 0.29) is 0 Å². The van der Waals surface area contributed by atoms with Gasteiger partial charge in [0.25, 0.3) is 0 Å². The van der Waals surface area contributed by atoms with E-state index in [0.29, 0.717) is 16.9 Å². The van der Waals surface area contributed by atoms with Crippen LogP contribution in [-0.4, -0.2) is 6.10 Å². The summed E-state index contributed by atoms with van der Waals surface area (Å²) in [7, 11) is 0. The molecule has 0 unspecified atom stereocenters. The monoisotopic (exact) mass is 424 g/mol. The molecule has 0 bridgehead atoms. The second-order valence-electron chi connectivity index (χ2n) is 12.6. The highest BCUT2D eigenvalue weighted by molar-refractivity contribution is 5.25. The third kappa shape index (κ3) is 4.21. The third-order valence-corrected chi connectivity index (χ3v) is 10.6. The van der Waals surface area contributed by atoms with Crippen molar-refractivity contribution in [2.45, 2.75) is 111 Å². The molecular weight excluding hydrogens is 376 g/mol. The zero-order valence-electron chi connectivity index (χ0n) is 21.1. The smallest absolute Gasteiger partial charge is 0.125 e. The maximum absolute atomic E-state index is 5.90. The first-order chi connectivity index (χ1) is 14.8. The zero-order chi connectivity index (χ0) is 22.2. The van der Waals surface area contributed by atoms with Crippen molar-refractivity contribution < 1.29 is 4.74 Å². The van der Waals surface area contributed by atoms with E-state index in [1.165, 1.54) is 64.2 Å². The van der Waals surface area contributed by atoms with Crippen LogP contribution in [0.25, 0.3) is 0 Å². The molecule has 4 rings (SSSR count). The largest absolute Gasteiger partial charge is 0.490 e. The lowest BCUT2D eigenvalue weighted by atomic mass is 9.47. The minimum absolute atomic E-state index is 0.335. The third-order valence-electron chi connectivity index (χ3n) is 10.6. The molecule has 4 aliphatic carbocycles. The summed E-state index contributed by atoms with van der Waals surface area (Å²) >= 11 is 0. The van der Waals surface area contributed by atoms with Gasteiger partial charge in [-0.25, -0.2) is 0 Å². The molecule has 0 aromatic rings. The van der Waals surface area contributed by atoms with E-state index in [4.69, 9.17) is 4.74 Å². The van der Waals surface area contributed by atoms with Crippen LogP contribution in [0.15, 0.2) is 30.2 Å². The van der Waals surface area contributed by atoms with E-state index < -0.39 is 0 Å². The van der Waals surface area contributed by atoms with Gasteiger partial charge in [-0.3, -0.25) is 0 Å². The lowest BCUT2D eigenvalue weighted by Gasteiger charge is -2.58. The predicted molar refractivity (Wildman–Crippen MR) is 132 cm³/mol. The zero-order valence-corrected chi connectivity index (χ0v) is 21.1. The summed E-state index contributed by atoms with van der Waals surface area (Å²) in [5.41, 5.74) is 5.51. The Labute approximate surface area is 192 Å². The van der Waals surface area contributed by atoms with Crippen molar-refractivity contribution in [1.82, 2.24) is 0 Å². The first-order valence-electron chi connectivity index (χ1n) is 13.5. The number of rotatable bonds is 7. The van der Waals surface area contributed by atoms with Crippen molar-refractivity contribution in [1.29, 1.82) is 0 Å². The molecule has 3 fully saturated rings. The van der Waals surface area contributed by atoms with Crippen LogP contribution in [0.4, 0.5) is 0 Å². The molecule has 0 radical (unpaired) electrons. The van der Waals surface area contributed by atoms with Gasteiger partial charge in [0.2, 0.25) is 0 Å². The summed E-state index contributed by atoms with van der Waals surface area (Å²) in [6, 6.07) is 0. The summed E-state index contributed by atoms with van der Waals surface area (Å²) in [6.45, 7) is 16.3. The van der Waals surface area contributed by atoms with E-state index in [2.05, 4.69) is 53.0 Å². The number of ether oxygens (including phenoxy) is 1. The maximum atomic E-state index is 5.90. The van der Waals surface area contributed by atoms with E-state index in [1.807, 2.05) is 0 Å². The summed E-state index contributed by atoms with van der Waals surface area (Å²) < 4.78 is 5.90. The second-order valence-corrected chi connectivity index (χ2v) is 12.6. The molecule has 0 aromatic heterocycles. The molecule has 4 aliphatic rings. The summed E-state index contributed by atoms with van der Waals surface area (Å²) in [5, 5.41) is 0. The molecule has 174 valence electrons. The number of hydrogen-bond acceptors (Lipinski definition) is 1. The highest BCUT2D eigenvalue weighted by Crippen LogP contribution is 2.67. The van der Waals surface area contributed by atoms with Gasteiger partial charge in [-0.1, -0.05) is 77.8 Å². The maximum Gasteiger partial charge on any atom is 0.125 e. The van der Waals surface area contributed by atoms with Gasteiger partial charge < -0.3 is 4.74 Å². The van der Waals surface area contributed by atoms with Crippen molar-refractivity contribution >= 4 is 0 Å². The lowest BCUT2D eigenvalue weighted by Crippen LogP contribution is -2.50. The fourth-order valence-electron chi connectivity index (χ4n) is 8.91. The predicted octanol–water partition coefficient (Wildman–Crippen LogP) is 8.71. The second kappa shape index (κ2) is 9.13. The van der Waals surface area contributed by atoms with Gasteiger partial charge in [-0.05, 0) is 91.3 Å². The van der Waals surface area contributed by atoms with Gasteiger partial charge in [0.15, 0.2) is 0 Å². The van der Waals surface area contributed by atoms with Gasteiger partial charge in [0, 0.05) is 6.42 Å². The van der Waals surface area contributed by atoms with Crippen LogP contribution in [-0.2, 0) is 4.74 Å². The SMILES string of the molecule is C=C=CO[C@H]1CC[C@@]2(C)C(=CC[C@H]3[C@@H]4CC[C@H]([C@H](C)CCCC(C)C)[C@@]4(C)CC[C@@H]32)C1. The van der Waals surface area contributed by atoms with Crippen molar-refractivity contribution in [3.63, 3.8) is 0 Å². The van der Waals surface area contributed by atoms with Crippen molar-refractivity contribution in [2.75, 3.05) is 0 Å². The standard InChI is InChI=1S/C30H48O/c1-7-19-31-24-15-17-29(5)23(20-24)11-12-25-27-14-13-26(22(4)10-8-9-21(2)3)30(27,6)18-16-28(25)29/h11,19,21-22,24-28H,1,8-10,12-18,20H2,2-6H3/t22-,24+,25+,26-,27+,28+,29+,30-/m1/s1. The molecule has 0 saturated heterocycles. The van der Waals surface area contributed by atoms with E-state index in [0.717, 1.165) is 41.9 Å². The molecule has 8 atom stereocenters. The summed E-state index contributed by atoms with van der Waals surface area (Å²) in [5.74, 6) is 5.49. The van der Waals surface area contributed by atoms with Crippen molar-refractivity contribution in [2.24, 2.45) is 46.3 Å². The van der Waals surface area contributed by atoms with Gasteiger partial charge >= 0.3 is 0 Å². The Morgan fingerprint density at radius 3 is 2.65 bits per heavy atom. The Morgan fingerprint density at radius 1 is 1.10 bits per heavy atom. The summed E-state index contributed by atoms with van der Waals surface area (Å²) in [4.78, 5) is 0. The van der Waals surface area contributed by atoms with Crippen LogP contribution in [0, 0.1) is 46.3 Å². The fourth-order valence-corrected chi connectivity index (χ4v) is 8.91. The Kier molecular flexibility index (Phi) is 6.84. The van der Waals surface area contributed by atoms with Crippen molar-refractivity contribution in [3.05, 3.63) is 30.2 Å². The van der Waals surface area contributed by atoms with Crippen LogP contribution in [0.3, 0.4) is 0 Å². The Balaban J connectivity index is 1.47. The lowest BCUT2D eigenvalue weighted by molar-refractivity contribution is -0.0580. The molecule has 31 heavy (non-hydrogen) atoms. The molecule has 1 nitrogen and oxygen atoms in total. The van der Waals surface area contributed by atoms with E-state index in [9.17, 15) is 0 Å². The molecule has 0 N–H and O–H groups in total. The average molecular weight is 425 g/mol. The summed E-state index contributed by atoms with van der Waals surface area (Å²) in [6.07, 6.45) is 19.8. The Bertz CT molecular complexity index is 712. The molecule has 0 amide bonds. The molecule has 3 saturated carbocycles. The van der Waals surface area contributed by atoms with Gasteiger partial charge in [-0.2, -0.15) is 0 Å². The molecule has 0 aromatic carbocycles. The van der Waals surface area contributed by atoms with E-state index in [1.54, 1.807) is 11.8 Å². The molecular formula is C30H48O. The highest BCUT2D eigenvalue weighted by Gasteiger charge is 2.59.